The second-order valence-corrected chi connectivity index (χ2v) is 7.54. The van der Waals surface area contributed by atoms with Crippen molar-refractivity contribution in [3.8, 4) is 0 Å². The van der Waals surface area contributed by atoms with Crippen molar-refractivity contribution >= 4 is 27.1 Å². The highest BCUT2D eigenvalue weighted by molar-refractivity contribution is 7.89. The molecule has 0 atom stereocenters. The fourth-order valence-corrected chi connectivity index (χ4v) is 3.65. The van der Waals surface area contributed by atoms with Gasteiger partial charge in [0.1, 0.15) is 5.69 Å². The first-order chi connectivity index (χ1) is 11.3. The zero-order valence-electron chi connectivity index (χ0n) is 13.3. The largest absolute Gasteiger partial charge is 0.335 e. The number of benzene rings is 2. The molecule has 0 amide bonds. The van der Waals surface area contributed by atoms with Gasteiger partial charge < -0.3 is 4.90 Å². The van der Waals surface area contributed by atoms with Crippen molar-refractivity contribution in [3.05, 3.63) is 57.6 Å². The van der Waals surface area contributed by atoms with Gasteiger partial charge in [0.2, 0.25) is 10.0 Å². The van der Waals surface area contributed by atoms with E-state index < -0.39 is 14.9 Å². The maximum Gasteiger partial charge on any atom is 0.293 e. The van der Waals surface area contributed by atoms with Crippen LogP contribution in [0.1, 0.15) is 11.1 Å². The van der Waals surface area contributed by atoms with Crippen molar-refractivity contribution in [2.24, 2.45) is 0 Å². The van der Waals surface area contributed by atoms with Crippen molar-refractivity contribution in [1.29, 1.82) is 0 Å². The molecule has 0 bridgehead atoms. The lowest BCUT2D eigenvalue weighted by Gasteiger charge is -2.20. The van der Waals surface area contributed by atoms with Gasteiger partial charge in [-0.1, -0.05) is 12.1 Å². The van der Waals surface area contributed by atoms with Crippen LogP contribution in [0.15, 0.2) is 41.3 Å². The standard InChI is InChI=1S/C16H17N3O4S/c1-11-3-6-14(16(9-11)19(20)21)18-8-7-12-4-5-13(10-15(12)18)24(22,23)17-2/h3-6,9-10,17H,7-8H2,1-2H3. The van der Waals surface area contributed by atoms with E-state index in [0.717, 1.165) is 11.1 Å². The van der Waals surface area contributed by atoms with Crippen molar-refractivity contribution in [2.75, 3.05) is 18.5 Å². The van der Waals surface area contributed by atoms with Crippen molar-refractivity contribution in [2.45, 2.75) is 18.2 Å². The lowest BCUT2D eigenvalue weighted by molar-refractivity contribution is -0.384. The molecule has 1 aliphatic heterocycles. The summed E-state index contributed by atoms with van der Waals surface area (Å²) in [4.78, 5) is 12.9. The first-order valence-electron chi connectivity index (χ1n) is 7.42. The molecule has 8 heteroatoms. The van der Waals surface area contributed by atoms with Gasteiger partial charge in [0.05, 0.1) is 9.82 Å². The number of anilines is 2. The molecule has 0 unspecified atom stereocenters. The molecular formula is C16H17N3O4S. The quantitative estimate of drug-likeness (QED) is 0.677. The monoisotopic (exact) mass is 347 g/mol. The Balaban J connectivity index is 2.13. The van der Waals surface area contributed by atoms with Crippen LogP contribution in [0.2, 0.25) is 0 Å². The molecule has 126 valence electrons. The molecule has 7 nitrogen and oxygen atoms in total. The Hall–Kier alpha value is -2.45. The van der Waals surface area contributed by atoms with E-state index in [1.807, 2.05) is 11.0 Å². The van der Waals surface area contributed by atoms with Gasteiger partial charge in [0, 0.05) is 18.3 Å². The number of aryl methyl sites for hydroxylation is 1. The minimum Gasteiger partial charge on any atom is -0.335 e. The minimum absolute atomic E-state index is 0.0183. The second-order valence-electron chi connectivity index (χ2n) is 5.65. The molecule has 2 aromatic carbocycles. The summed E-state index contributed by atoms with van der Waals surface area (Å²) in [7, 11) is -2.22. The smallest absolute Gasteiger partial charge is 0.293 e. The minimum atomic E-state index is -3.57. The Morgan fingerprint density at radius 1 is 1.17 bits per heavy atom. The highest BCUT2D eigenvalue weighted by Gasteiger charge is 2.28. The topological polar surface area (TPSA) is 92.6 Å². The van der Waals surface area contributed by atoms with Gasteiger partial charge in [-0.05, 0) is 49.7 Å². The van der Waals surface area contributed by atoms with E-state index >= 15 is 0 Å². The van der Waals surface area contributed by atoms with Crippen LogP contribution < -0.4 is 9.62 Å². The number of sulfonamides is 1. The Labute approximate surface area is 140 Å². The van der Waals surface area contributed by atoms with Crippen molar-refractivity contribution in [3.63, 3.8) is 0 Å². The predicted molar refractivity (Wildman–Crippen MR) is 91.2 cm³/mol. The predicted octanol–water partition coefficient (Wildman–Crippen LogP) is 2.51. The highest BCUT2D eigenvalue weighted by atomic mass is 32.2. The van der Waals surface area contributed by atoms with Gasteiger partial charge in [-0.25, -0.2) is 13.1 Å². The number of fused-ring (bicyclic) bond motifs is 1. The molecule has 24 heavy (non-hydrogen) atoms. The molecule has 1 N–H and O–H groups in total. The maximum atomic E-state index is 12.0. The fourth-order valence-electron chi connectivity index (χ4n) is 2.90. The summed E-state index contributed by atoms with van der Waals surface area (Å²) in [6, 6.07) is 9.94. The van der Waals surface area contributed by atoms with E-state index in [-0.39, 0.29) is 10.6 Å². The Bertz CT molecular complexity index is 925. The van der Waals surface area contributed by atoms with Crippen LogP contribution in [0.3, 0.4) is 0 Å². The van der Waals surface area contributed by atoms with E-state index in [1.54, 1.807) is 31.2 Å². The first kappa shape index (κ1) is 16.4. The van der Waals surface area contributed by atoms with Crippen LogP contribution in [-0.4, -0.2) is 26.9 Å². The SMILES string of the molecule is CNS(=O)(=O)c1ccc2c(c1)N(c1ccc(C)cc1[N+](=O)[O-])CC2. The summed E-state index contributed by atoms with van der Waals surface area (Å²) in [5, 5.41) is 11.4. The van der Waals surface area contributed by atoms with E-state index in [2.05, 4.69) is 4.72 Å². The summed E-state index contributed by atoms with van der Waals surface area (Å²) < 4.78 is 26.3. The number of hydrogen-bond acceptors (Lipinski definition) is 5. The summed E-state index contributed by atoms with van der Waals surface area (Å²) in [5.41, 5.74) is 2.96. The summed E-state index contributed by atoms with van der Waals surface area (Å²) in [5.74, 6) is 0. The van der Waals surface area contributed by atoms with Crippen LogP contribution in [0, 0.1) is 17.0 Å². The lowest BCUT2D eigenvalue weighted by Crippen LogP contribution is -2.19. The molecule has 0 saturated carbocycles. The van der Waals surface area contributed by atoms with E-state index in [0.29, 0.717) is 24.3 Å². The zero-order chi connectivity index (χ0) is 17.5. The summed E-state index contributed by atoms with van der Waals surface area (Å²) in [6.45, 7) is 2.37. The van der Waals surface area contributed by atoms with Crippen LogP contribution in [-0.2, 0) is 16.4 Å². The van der Waals surface area contributed by atoms with Gasteiger partial charge in [0.25, 0.3) is 5.69 Å². The molecule has 1 aliphatic rings. The lowest BCUT2D eigenvalue weighted by atomic mass is 10.1. The maximum absolute atomic E-state index is 12.0. The van der Waals surface area contributed by atoms with Crippen molar-refractivity contribution < 1.29 is 13.3 Å². The fraction of sp³-hybridized carbons (Fsp3) is 0.250. The van der Waals surface area contributed by atoms with Gasteiger partial charge >= 0.3 is 0 Å². The first-order valence-corrected chi connectivity index (χ1v) is 8.91. The molecule has 3 rings (SSSR count). The molecule has 0 radical (unpaired) electrons. The van der Waals surface area contributed by atoms with E-state index in [1.165, 1.54) is 13.1 Å². The number of nitrogens with zero attached hydrogens (tertiary/aromatic N) is 2. The molecule has 0 spiro atoms. The number of hydrogen-bond donors (Lipinski definition) is 1. The number of rotatable bonds is 4. The van der Waals surface area contributed by atoms with Gasteiger partial charge in [-0.2, -0.15) is 0 Å². The third-order valence-electron chi connectivity index (χ3n) is 4.15. The second kappa shape index (κ2) is 5.88. The van der Waals surface area contributed by atoms with Crippen LogP contribution in [0.25, 0.3) is 0 Å². The van der Waals surface area contributed by atoms with E-state index in [4.69, 9.17) is 0 Å². The van der Waals surface area contributed by atoms with Crippen molar-refractivity contribution in [1.82, 2.24) is 4.72 Å². The van der Waals surface area contributed by atoms with Crippen LogP contribution in [0.4, 0.5) is 17.1 Å². The summed E-state index contributed by atoms with van der Waals surface area (Å²) >= 11 is 0. The Morgan fingerprint density at radius 2 is 1.92 bits per heavy atom. The zero-order valence-corrected chi connectivity index (χ0v) is 14.1. The molecule has 0 aromatic heterocycles. The Morgan fingerprint density at radius 3 is 2.58 bits per heavy atom. The summed E-state index contributed by atoms with van der Waals surface area (Å²) in [6.07, 6.45) is 0.709. The van der Waals surface area contributed by atoms with Crippen LogP contribution >= 0.6 is 0 Å². The molecule has 1 heterocycles. The van der Waals surface area contributed by atoms with E-state index in [9.17, 15) is 18.5 Å². The van der Waals surface area contributed by atoms with Gasteiger partial charge in [-0.15, -0.1) is 0 Å². The molecule has 2 aromatic rings. The molecular weight excluding hydrogens is 330 g/mol. The van der Waals surface area contributed by atoms with Gasteiger partial charge in [-0.3, -0.25) is 10.1 Å². The number of nitro benzene ring substituents is 1. The molecule has 0 fully saturated rings. The van der Waals surface area contributed by atoms with Gasteiger partial charge in [0.15, 0.2) is 0 Å². The molecule has 0 saturated heterocycles. The highest BCUT2D eigenvalue weighted by Crippen LogP contribution is 2.40. The third-order valence-corrected chi connectivity index (χ3v) is 5.56. The van der Waals surface area contributed by atoms with Crippen LogP contribution in [0.5, 0.6) is 0 Å². The molecule has 0 aliphatic carbocycles. The number of nitro groups is 1. The third kappa shape index (κ3) is 2.74. The normalized spacial score (nSPS) is 13.8. The number of nitrogens with one attached hydrogen (secondary N) is 1. The average molecular weight is 347 g/mol. The average Bonchev–Trinajstić information content (AvgIpc) is 2.97. The Kier molecular flexibility index (Phi) is 4.02.